The Bertz CT molecular complexity index is 1520. The van der Waals surface area contributed by atoms with Gasteiger partial charge in [0.25, 0.3) is 5.56 Å². The van der Waals surface area contributed by atoms with E-state index in [0.717, 1.165) is 10.9 Å². The van der Waals surface area contributed by atoms with Crippen molar-refractivity contribution in [3.05, 3.63) is 56.7 Å². The molecule has 0 amide bonds. The highest BCUT2D eigenvalue weighted by Crippen LogP contribution is 2.35. The molecular formula is C24H26N6O4. The molecule has 0 aliphatic carbocycles. The van der Waals surface area contributed by atoms with Gasteiger partial charge in [-0.1, -0.05) is 11.6 Å². The van der Waals surface area contributed by atoms with Gasteiger partial charge in [0.15, 0.2) is 17.3 Å². The normalized spacial score (nSPS) is 14.6. The Morgan fingerprint density at radius 3 is 2.35 bits per heavy atom. The van der Waals surface area contributed by atoms with Crippen molar-refractivity contribution < 1.29 is 9.47 Å². The van der Waals surface area contributed by atoms with Crippen LogP contribution in [0.15, 0.2) is 39.9 Å². The molecule has 0 unspecified atom stereocenters. The lowest BCUT2D eigenvalue weighted by atomic mass is 10.0. The zero-order valence-electron chi connectivity index (χ0n) is 19.6. The molecule has 0 spiro atoms. The first-order valence-electron chi connectivity index (χ1n) is 11.1. The molecule has 10 heteroatoms. The minimum absolute atomic E-state index is 0.192. The molecule has 1 aliphatic heterocycles. The van der Waals surface area contributed by atoms with E-state index in [-0.39, 0.29) is 17.3 Å². The van der Waals surface area contributed by atoms with Crippen LogP contribution in [-0.4, -0.2) is 51.9 Å². The van der Waals surface area contributed by atoms with Crippen molar-refractivity contribution in [3.8, 4) is 11.5 Å². The SMILES string of the molecule is COc1cc2nnnc(N3CCC(n4c(=O)c5cc(C)ccc5n(C)c4=O)CC3)c2cc1OC. The van der Waals surface area contributed by atoms with Gasteiger partial charge in [-0.2, -0.15) is 0 Å². The Balaban J connectivity index is 1.48. The van der Waals surface area contributed by atoms with E-state index in [1.54, 1.807) is 31.9 Å². The van der Waals surface area contributed by atoms with Crippen LogP contribution in [0.4, 0.5) is 5.82 Å². The van der Waals surface area contributed by atoms with Crippen molar-refractivity contribution in [2.45, 2.75) is 25.8 Å². The number of nitrogens with zero attached hydrogens (tertiary/aromatic N) is 6. The highest BCUT2D eigenvalue weighted by Gasteiger charge is 2.27. The van der Waals surface area contributed by atoms with Gasteiger partial charge in [-0.15, -0.1) is 10.2 Å². The largest absolute Gasteiger partial charge is 0.493 e. The fraction of sp³-hybridized carbons (Fsp3) is 0.375. The standard InChI is InChI=1S/C24H26N6O4/c1-14-5-6-19-17(11-14)23(31)30(24(32)28(19)2)15-7-9-29(10-8-15)22-16-12-20(33-3)21(34-4)13-18(16)25-27-26-22/h5-6,11-13,15H,7-10H2,1-4H3. The highest BCUT2D eigenvalue weighted by atomic mass is 16.5. The number of benzene rings is 2. The maximum atomic E-state index is 13.3. The van der Waals surface area contributed by atoms with Crippen LogP contribution in [0.25, 0.3) is 21.8 Å². The second-order valence-corrected chi connectivity index (χ2v) is 8.59. The van der Waals surface area contributed by atoms with Crippen molar-refractivity contribution >= 4 is 27.6 Å². The summed E-state index contributed by atoms with van der Waals surface area (Å²) in [5.41, 5.74) is 1.77. The van der Waals surface area contributed by atoms with E-state index in [1.807, 2.05) is 31.2 Å². The van der Waals surface area contributed by atoms with E-state index in [1.165, 1.54) is 4.57 Å². The molecule has 34 heavy (non-hydrogen) atoms. The van der Waals surface area contributed by atoms with Crippen molar-refractivity contribution in [3.63, 3.8) is 0 Å². The van der Waals surface area contributed by atoms with Crippen LogP contribution in [0.5, 0.6) is 11.5 Å². The van der Waals surface area contributed by atoms with Crippen LogP contribution in [0.3, 0.4) is 0 Å². The van der Waals surface area contributed by atoms with Crippen LogP contribution in [-0.2, 0) is 7.05 Å². The number of methoxy groups -OCH3 is 2. The Kier molecular flexibility index (Phi) is 5.43. The molecule has 0 radical (unpaired) electrons. The third-order valence-corrected chi connectivity index (χ3v) is 6.62. The van der Waals surface area contributed by atoms with E-state index in [2.05, 4.69) is 20.3 Å². The fourth-order valence-electron chi connectivity index (χ4n) is 4.78. The number of rotatable bonds is 4. The molecule has 1 aliphatic rings. The summed E-state index contributed by atoms with van der Waals surface area (Å²) in [4.78, 5) is 28.5. The molecular weight excluding hydrogens is 436 g/mol. The summed E-state index contributed by atoms with van der Waals surface area (Å²) in [5, 5.41) is 13.7. The van der Waals surface area contributed by atoms with Gasteiger partial charge in [0.05, 0.1) is 30.5 Å². The monoisotopic (exact) mass is 462 g/mol. The summed E-state index contributed by atoms with van der Waals surface area (Å²) in [6, 6.07) is 9.03. The zero-order chi connectivity index (χ0) is 24.0. The third kappa shape index (κ3) is 3.46. The average Bonchev–Trinajstić information content (AvgIpc) is 2.86. The summed E-state index contributed by atoms with van der Waals surface area (Å²) in [6.07, 6.45) is 1.26. The zero-order valence-corrected chi connectivity index (χ0v) is 19.6. The Morgan fingerprint density at radius 2 is 1.65 bits per heavy atom. The molecule has 0 N–H and O–H groups in total. The molecule has 176 valence electrons. The maximum Gasteiger partial charge on any atom is 0.331 e. The smallest absolute Gasteiger partial charge is 0.331 e. The number of hydrogen-bond acceptors (Lipinski definition) is 8. The summed E-state index contributed by atoms with van der Waals surface area (Å²) in [7, 11) is 4.87. The maximum absolute atomic E-state index is 13.3. The molecule has 5 rings (SSSR count). The lowest BCUT2D eigenvalue weighted by Crippen LogP contribution is -2.45. The number of anilines is 1. The minimum Gasteiger partial charge on any atom is -0.493 e. The highest BCUT2D eigenvalue weighted by molar-refractivity contribution is 5.91. The molecule has 0 bridgehead atoms. The number of piperidine rings is 1. The first-order valence-corrected chi connectivity index (χ1v) is 11.1. The van der Waals surface area contributed by atoms with Crippen LogP contribution in [0.1, 0.15) is 24.4 Å². The van der Waals surface area contributed by atoms with Gasteiger partial charge in [-0.05, 0) is 43.2 Å². The first kappa shape index (κ1) is 21.9. The van der Waals surface area contributed by atoms with Crippen molar-refractivity contribution in [2.24, 2.45) is 7.05 Å². The van der Waals surface area contributed by atoms with Gasteiger partial charge < -0.3 is 14.4 Å². The number of hydrogen-bond donors (Lipinski definition) is 0. The molecule has 0 saturated carbocycles. The van der Waals surface area contributed by atoms with E-state index < -0.39 is 0 Å². The Morgan fingerprint density at radius 1 is 0.941 bits per heavy atom. The number of fused-ring (bicyclic) bond motifs is 2. The minimum atomic E-state index is -0.286. The summed E-state index contributed by atoms with van der Waals surface area (Å²) < 4.78 is 13.8. The van der Waals surface area contributed by atoms with Crippen LogP contribution < -0.4 is 25.6 Å². The molecule has 0 atom stereocenters. The summed E-state index contributed by atoms with van der Waals surface area (Å²) in [6.45, 7) is 3.18. The number of aryl methyl sites for hydroxylation is 2. The number of aromatic nitrogens is 5. The van der Waals surface area contributed by atoms with E-state index in [9.17, 15) is 9.59 Å². The predicted octanol–water partition coefficient (Wildman–Crippen LogP) is 2.21. The second-order valence-electron chi connectivity index (χ2n) is 8.59. The summed E-state index contributed by atoms with van der Waals surface area (Å²) >= 11 is 0. The predicted molar refractivity (Wildman–Crippen MR) is 129 cm³/mol. The Hall–Kier alpha value is -3.95. The average molecular weight is 463 g/mol. The van der Waals surface area contributed by atoms with E-state index in [0.29, 0.717) is 59.7 Å². The molecule has 2 aromatic carbocycles. The van der Waals surface area contributed by atoms with Crippen LogP contribution >= 0.6 is 0 Å². The number of ether oxygens (including phenoxy) is 2. The van der Waals surface area contributed by atoms with Crippen molar-refractivity contribution in [2.75, 3.05) is 32.2 Å². The molecule has 3 heterocycles. The quantitative estimate of drug-likeness (QED) is 0.455. The topological polar surface area (TPSA) is 104 Å². The van der Waals surface area contributed by atoms with Gasteiger partial charge in [0, 0.05) is 32.2 Å². The summed E-state index contributed by atoms with van der Waals surface area (Å²) in [5.74, 6) is 1.85. The van der Waals surface area contributed by atoms with Gasteiger partial charge >= 0.3 is 5.69 Å². The lowest BCUT2D eigenvalue weighted by Gasteiger charge is -2.33. The van der Waals surface area contributed by atoms with E-state index in [4.69, 9.17) is 9.47 Å². The first-order chi connectivity index (χ1) is 16.4. The molecule has 2 aromatic heterocycles. The van der Waals surface area contributed by atoms with E-state index >= 15 is 0 Å². The van der Waals surface area contributed by atoms with Gasteiger partial charge in [-0.3, -0.25) is 13.9 Å². The van der Waals surface area contributed by atoms with Crippen LogP contribution in [0.2, 0.25) is 0 Å². The van der Waals surface area contributed by atoms with Crippen molar-refractivity contribution in [1.29, 1.82) is 0 Å². The van der Waals surface area contributed by atoms with Gasteiger partial charge in [0.2, 0.25) is 0 Å². The van der Waals surface area contributed by atoms with Crippen molar-refractivity contribution in [1.82, 2.24) is 24.5 Å². The fourth-order valence-corrected chi connectivity index (χ4v) is 4.78. The molecule has 1 fully saturated rings. The van der Waals surface area contributed by atoms with Gasteiger partial charge in [-0.25, -0.2) is 4.79 Å². The third-order valence-electron chi connectivity index (χ3n) is 6.62. The van der Waals surface area contributed by atoms with Crippen LogP contribution in [0, 0.1) is 6.92 Å². The molecule has 10 nitrogen and oxygen atoms in total. The molecule has 1 saturated heterocycles. The lowest BCUT2D eigenvalue weighted by molar-refractivity contribution is 0.355. The molecule has 4 aromatic rings. The van der Waals surface area contributed by atoms with Gasteiger partial charge in [0.1, 0.15) is 5.52 Å². The second kappa shape index (κ2) is 8.44. The Labute approximate surface area is 195 Å².